The molecule has 4 amide bonds. The highest BCUT2D eigenvalue weighted by molar-refractivity contribution is 8.03. The number of amides is 4. The van der Waals surface area contributed by atoms with Crippen LogP contribution in [0.25, 0.3) is 0 Å². The summed E-state index contributed by atoms with van der Waals surface area (Å²) in [5.74, 6) is -0.633. The molecule has 0 saturated carbocycles. The number of aryl methyl sites for hydroxylation is 1. The molecule has 3 rings (SSSR count). The van der Waals surface area contributed by atoms with E-state index in [9.17, 15) is 14.4 Å². The quantitative estimate of drug-likeness (QED) is 0.685. The summed E-state index contributed by atoms with van der Waals surface area (Å²) >= 11 is 2.64. The number of imide groups is 1. The van der Waals surface area contributed by atoms with Gasteiger partial charge in [0.25, 0.3) is 5.84 Å². The SMILES string of the molecule is CCc1nnc(NC(=O)CSC2=C(C(C)C)C=NC3=[N+](C)C(=O)N(C)C(=O)C23)s1. The van der Waals surface area contributed by atoms with Gasteiger partial charge in [0, 0.05) is 10.5 Å². The predicted molar refractivity (Wildman–Crippen MR) is 114 cm³/mol. The number of thioether (sulfide) groups is 1. The molecule has 0 fully saturated rings. The van der Waals surface area contributed by atoms with E-state index in [1.807, 2.05) is 20.8 Å². The second kappa shape index (κ2) is 8.54. The van der Waals surface area contributed by atoms with E-state index in [0.29, 0.717) is 11.0 Å². The number of aromatic nitrogens is 2. The highest BCUT2D eigenvalue weighted by Gasteiger charge is 2.48. The Balaban J connectivity index is 1.84. The Hall–Kier alpha value is -2.40. The minimum Gasteiger partial charge on any atom is -0.300 e. The van der Waals surface area contributed by atoms with Gasteiger partial charge >= 0.3 is 11.9 Å². The van der Waals surface area contributed by atoms with Crippen molar-refractivity contribution in [3.05, 3.63) is 15.5 Å². The van der Waals surface area contributed by atoms with Crippen LogP contribution < -0.4 is 5.32 Å². The summed E-state index contributed by atoms with van der Waals surface area (Å²) in [5.41, 5.74) is 0.894. The molecule has 0 saturated heterocycles. The summed E-state index contributed by atoms with van der Waals surface area (Å²) in [6, 6.07) is -0.420. The number of aliphatic imine (C=N–C) groups is 1. The van der Waals surface area contributed by atoms with Crippen molar-refractivity contribution in [3.63, 3.8) is 0 Å². The van der Waals surface area contributed by atoms with Gasteiger partial charge in [-0.1, -0.05) is 32.1 Å². The fraction of sp³-hybridized carbons (Fsp3) is 0.500. The van der Waals surface area contributed by atoms with Gasteiger partial charge in [-0.25, -0.2) is 4.79 Å². The molecule has 2 aliphatic heterocycles. The average molecular weight is 436 g/mol. The first-order chi connectivity index (χ1) is 13.7. The number of nitrogens with one attached hydrogen (secondary N) is 1. The molecule has 3 heterocycles. The number of hydrogen-bond donors (Lipinski definition) is 1. The Morgan fingerprint density at radius 1 is 1.38 bits per heavy atom. The highest BCUT2D eigenvalue weighted by atomic mass is 32.2. The maximum atomic E-state index is 12.9. The zero-order valence-electron chi connectivity index (χ0n) is 16.9. The Bertz CT molecular complexity index is 963. The van der Waals surface area contributed by atoms with Crippen LogP contribution in [0.5, 0.6) is 0 Å². The van der Waals surface area contributed by atoms with E-state index in [4.69, 9.17) is 0 Å². The van der Waals surface area contributed by atoms with Crippen LogP contribution in [0.4, 0.5) is 9.93 Å². The van der Waals surface area contributed by atoms with Crippen molar-refractivity contribution in [1.82, 2.24) is 15.1 Å². The van der Waals surface area contributed by atoms with Crippen molar-refractivity contribution in [2.45, 2.75) is 27.2 Å². The minimum absolute atomic E-state index is 0.110. The molecule has 2 aliphatic rings. The lowest BCUT2D eigenvalue weighted by atomic mass is 9.93. The highest BCUT2D eigenvalue weighted by Crippen LogP contribution is 2.37. The summed E-state index contributed by atoms with van der Waals surface area (Å²) in [7, 11) is 3.06. The maximum Gasteiger partial charge on any atom is 0.445 e. The van der Waals surface area contributed by atoms with Gasteiger partial charge in [-0.2, -0.15) is 9.48 Å². The third kappa shape index (κ3) is 4.15. The molecule has 0 aliphatic carbocycles. The van der Waals surface area contributed by atoms with Crippen LogP contribution >= 0.6 is 23.1 Å². The van der Waals surface area contributed by atoms with Gasteiger partial charge in [-0.15, -0.1) is 27.0 Å². The average Bonchev–Trinajstić information content (AvgIpc) is 3.15. The molecule has 154 valence electrons. The number of amidine groups is 1. The number of nitrogens with zero attached hydrogens (tertiary/aromatic N) is 5. The third-order valence-electron chi connectivity index (χ3n) is 4.63. The summed E-state index contributed by atoms with van der Waals surface area (Å²) in [6.45, 7) is 5.99. The molecular weight excluding hydrogens is 412 g/mol. The van der Waals surface area contributed by atoms with Crippen LogP contribution in [0.1, 0.15) is 25.8 Å². The fourth-order valence-electron chi connectivity index (χ4n) is 3.02. The number of allylic oxidation sites excluding steroid dienone is 1. The van der Waals surface area contributed by atoms with Gasteiger partial charge in [0.2, 0.25) is 11.0 Å². The maximum absolute atomic E-state index is 12.9. The van der Waals surface area contributed by atoms with Crippen molar-refractivity contribution < 1.29 is 19.0 Å². The van der Waals surface area contributed by atoms with Crippen LogP contribution in [-0.2, 0) is 16.0 Å². The van der Waals surface area contributed by atoms with E-state index in [1.165, 1.54) is 34.7 Å². The first kappa shape index (κ1) is 21.3. The molecule has 1 unspecified atom stereocenters. The summed E-state index contributed by atoms with van der Waals surface area (Å²) < 4.78 is 1.38. The molecule has 29 heavy (non-hydrogen) atoms. The lowest BCUT2D eigenvalue weighted by molar-refractivity contribution is -0.407. The number of anilines is 1. The van der Waals surface area contributed by atoms with Gasteiger partial charge < -0.3 is 0 Å². The third-order valence-corrected chi connectivity index (χ3v) is 6.80. The summed E-state index contributed by atoms with van der Waals surface area (Å²) in [4.78, 5) is 43.8. The van der Waals surface area contributed by atoms with Gasteiger partial charge in [-0.05, 0) is 12.3 Å². The molecule has 0 bridgehead atoms. The smallest absolute Gasteiger partial charge is 0.300 e. The zero-order valence-corrected chi connectivity index (χ0v) is 18.6. The lowest BCUT2D eigenvalue weighted by Gasteiger charge is -2.29. The molecule has 0 radical (unpaired) electrons. The molecule has 1 N–H and O–H groups in total. The standard InChI is InChI=1S/C18H22N6O3S2/c1-6-12-21-22-17(29-12)20-11(25)8-28-14-10(9(2)3)7-19-15-13(14)16(26)24(5)18(27)23(15)4/h7,9,13H,6,8H2,1-5H3/p+1. The summed E-state index contributed by atoms with van der Waals surface area (Å²) in [5, 5.41) is 12.0. The van der Waals surface area contributed by atoms with E-state index in [0.717, 1.165) is 26.8 Å². The number of carbonyl (C=O) groups is 3. The fourth-order valence-corrected chi connectivity index (χ4v) is 4.90. The van der Waals surface area contributed by atoms with Crippen LogP contribution in [0.15, 0.2) is 15.5 Å². The second-order valence-corrected chi connectivity index (χ2v) is 9.03. The van der Waals surface area contributed by atoms with E-state index in [1.54, 1.807) is 13.3 Å². The number of hydrogen-bond acceptors (Lipinski definition) is 8. The van der Waals surface area contributed by atoms with Crippen LogP contribution in [0.3, 0.4) is 0 Å². The second-order valence-electron chi connectivity index (χ2n) is 6.95. The Morgan fingerprint density at radius 2 is 2.10 bits per heavy atom. The normalized spacial score (nSPS) is 19.4. The van der Waals surface area contributed by atoms with Gasteiger partial charge in [0.15, 0.2) is 5.92 Å². The molecule has 0 spiro atoms. The minimum atomic E-state index is -0.684. The van der Waals surface area contributed by atoms with Crippen molar-refractivity contribution >= 4 is 58.1 Å². The van der Waals surface area contributed by atoms with Crippen molar-refractivity contribution in [3.8, 4) is 0 Å². The first-order valence-corrected chi connectivity index (χ1v) is 11.0. The zero-order chi connectivity index (χ0) is 21.3. The van der Waals surface area contributed by atoms with Crippen molar-refractivity contribution in [2.24, 2.45) is 16.8 Å². The molecule has 9 nitrogen and oxygen atoms in total. The molecule has 1 aromatic heterocycles. The van der Waals surface area contributed by atoms with Gasteiger partial charge in [-0.3, -0.25) is 14.9 Å². The molecule has 1 aromatic rings. The predicted octanol–water partition coefficient (Wildman–Crippen LogP) is 2.02. The number of carbonyl (C=O) groups excluding carboxylic acids is 3. The Labute approximate surface area is 177 Å². The van der Waals surface area contributed by atoms with E-state index in [2.05, 4.69) is 20.5 Å². The van der Waals surface area contributed by atoms with Gasteiger partial charge in [0.1, 0.15) is 11.2 Å². The number of dihydropyridines is 1. The van der Waals surface area contributed by atoms with E-state index < -0.39 is 11.9 Å². The topological polar surface area (TPSA) is 108 Å². The van der Waals surface area contributed by atoms with Gasteiger partial charge in [0.05, 0.1) is 19.8 Å². The van der Waals surface area contributed by atoms with Crippen LogP contribution in [-0.4, -0.2) is 69.4 Å². The summed E-state index contributed by atoms with van der Waals surface area (Å²) in [6.07, 6.45) is 2.45. The molecule has 1 atom stereocenters. The van der Waals surface area contributed by atoms with Crippen LogP contribution in [0, 0.1) is 11.8 Å². The number of rotatable bonds is 6. The van der Waals surface area contributed by atoms with Crippen molar-refractivity contribution in [1.29, 1.82) is 0 Å². The molecule has 11 heteroatoms. The monoisotopic (exact) mass is 435 g/mol. The number of urea groups is 1. The number of fused-ring (bicyclic) bond motifs is 1. The molecular formula is C18H23N6O3S2+. The molecule has 0 aromatic carbocycles. The van der Waals surface area contributed by atoms with E-state index in [-0.39, 0.29) is 23.5 Å². The van der Waals surface area contributed by atoms with Crippen molar-refractivity contribution in [2.75, 3.05) is 25.2 Å². The van der Waals surface area contributed by atoms with E-state index >= 15 is 0 Å². The Morgan fingerprint density at radius 3 is 2.72 bits per heavy atom. The lowest BCUT2D eigenvalue weighted by Crippen LogP contribution is -2.53. The first-order valence-electron chi connectivity index (χ1n) is 9.19. The Kier molecular flexibility index (Phi) is 6.27. The van der Waals surface area contributed by atoms with Crippen LogP contribution in [0.2, 0.25) is 0 Å². The largest absolute Gasteiger partial charge is 0.445 e.